The highest BCUT2D eigenvalue weighted by molar-refractivity contribution is 5.99. The number of amides is 4. The first-order valence-electron chi connectivity index (χ1n) is 11.2. The van der Waals surface area contributed by atoms with Gasteiger partial charge < -0.3 is 25.6 Å². The first kappa shape index (κ1) is 23.7. The van der Waals surface area contributed by atoms with Gasteiger partial charge in [0.2, 0.25) is 0 Å². The van der Waals surface area contributed by atoms with Gasteiger partial charge in [0.15, 0.2) is 6.17 Å². The standard InChI is InChI=1S/C24H28FN5O4/c25-20-6-2-5-19(14-20)23(32)29-7-8-30(24(33)28-9-11-34-12-10-28)22(29)21(31)27-16-18-4-1-3-17(13-18)15-26/h1-6,13-14,22H,7-12,15-16,26H2,(H,27,31). The molecule has 10 heteroatoms. The Hall–Kier alpha value is -3.50. The Labute approximate surface area is 197 Å². The van der Waals surface area contributed by atoms with Crippen molar-refractivity contribution in [2.75, 3.05) is 39.4 Å². The highest BCUT2D eigenvalue weighted by Crippen LogP contribution is 2.21. The lowest BCUT2D eigenvalue weighted by atomic mass is 10.1. The van der Waals surface area contributed by atoms with Crippen LogP contribution in [0.15, 0.2) is 48.5 Å². The summed E-state index contributed by atoms with van der Waals surface area (Å²) in [7, 11) is 0. The molecule has 34 heavy (non-hydrogen) atoms. The molecule has 4 rings (SSSR count). The van der Waals surface area contributed by atoms with Crippen LogP contribution in [0.3, 0.4) is 0 Å². The minimum Gasteiger partial charge on any atom is -0.378 e. The number of nitrogens with one attached hydrogen (secondary N) is 1. The maximum Gasteiger partial charge on any atom is 0.322 e. The second kappa shape index (κ2) is 10.6. The van der Waals surface area contributed by atoms with Crippen molar-refractivity contribution in [3.63, 3.8) is 0 Å². The summed E-state index contributed by atoms with van der Waals surface area (Å²) in [6, 6.07) is 12.5. The normalized spacial score (nSPS) is 18.2. The number of ether oxygens (including phenoxy) is 1. The van der Waals surface area contributed by atoms with Gasteiger partial charge in [-0.2, -0.15) is 0 Å². The van der Waals surface area contributed by atoms with Crippen molar-refractivity contribution < 1.29 is 23.5 Å². The quantitative estimate of drug-likeness (QED) is 0.683. The smallest absolute Gasteiger partial charge is 0.322 e. The molecule has 2 fully saturated rings. The Morgan fingerprint density at radius 1 is 0.971 bits per heavy atom. The first-order chi connectivity index (χ1) is 16.5. The number of carbonyl (C=O) groups excluding carboxylic acids is 3. The summed E-state index contributed by atoms with van der Waals surface area (Å²) in [4.78, 5) is 44.1. The molecule has 0 saturated carbocycles. The van der Waals surface area contributed by atoms with Crippen LogP contribution in [-0.2, 0) is 22.6 Å². The van der Waals surface area contributed by atoms with Gasteiger partial charge in [0.05, 0.1) is 13.2 Å². The van der Waals surface area contributed by atoms with Gasteiger partial charge in [-0.25, -0.2) is 9.18 Å². The van der Waals surface area contributed by atoms with Crippen LogP contribution in [-0.4, -0.2) is 78.1 Å². The molecule has 3 N–H and O–H groups in total. The Kier molecular flexibility index (Phi) is 7.39. The minimum atomic E-state index is -1.15. The molecule has 0 aliphatic carbocycles. The fraction of sp³-hybridized carbons (Fsp3) is 0.375. The highest BCUT2D eigenvalue weighted by atomic mass is 19.1. The third-order valence-corrected chi connectivity index (χ3v) is 5.96. The van der Waals surface area contributed by atoms with Crippen molar-refractivity contribution >= 4 is 17.8 Å². The Balaban J connectivity index is 1.56. The predicted octanol–water partition coefficient (Wildman–Crippen LogP) is 1.14. The van der Waals surface area contributed by atoms with Crippen molar-refractivity contribution in [3.8, 4) is 0 Å². The number of nitrogens with zero attached hydrogens (tertiary/aromatic N) is 3. The van der Waals surface area contributed by atoms with Gasteiger partial charge in [-0.3, -0.25) is 14.5 Å². The van der Waals surface area contributed by atoms with Crippen molar-refractivity contribution in [3.05, 3.63) is 71.0 Å². The Morgan fingerprint density at radius 2 is 1.68 bits per heavy atom. The first-order valence-corrected chi connectivity index (χ1v) is 11.2. The predicted molar refractivity (Wildman–Crippen MR) is 122 cm³/mol. The van der Waals surface area contributed by atoms with Crippen LogP contribution in [0.2, 0.25) is 0 Å². The number of benzene rings is 2. The molecule has 4 amide bonds. The molecule has 2 aromatic carbocycles. The van der Waals surface area contributed by atoms with E-state index in [2.05, 4.69) is 5.32 Å². The van der Waals surface area contributed by atoms with E-state index in [9.17, 15) is 18.8 Å². The summed E-state index contributed by atoms with van der Waals surface area (Å²) in [6.07, 6.45) is -1.15. The van der Waals surface area contributed by atoms with E-state index in [1.54, 1.807) is 4.90 Å². The van der Waals surface area contributed by atoms with E-state index in [0.717, 1.165) is 17.2 Å². The van der Waals surface area contributed by atoms with Crippen molar-refractivity contribution in [1.29, 1.82) is 0 Å². The monoisotopic (exact) mass is 469 g/mol. The molecule has 0 spiro atoms. The van der Waals surface area contributed by atoms with Crippen LogP contribution in [0.25, 0.3) is 0 Å². The summed E-state index contributed by atoms with van der Waals surface area (Å²) >= 11 is 0. The number of nitrogens with two attached hydrogens (primary N) is 1. The molecule has 1 atom stereocenters. The average molecular weight is 470 g/mol. The van der Waals surface area contributed by atoms with Crippen LogP contribution in [0.5, 0.6) is 0 Å². The van der Waals surface area contributed by atoms with Gasteiger partial charge in [0, 0.05) is 44.8 Å². The van der Waals surface area contributed by atoms with Gasteiger partial charge in [0.25, 0.3) is 11.8 Å². The van der Waals surface area contributed by atoms with E-state index in [0.29, 0.717) is 32.8 Å². The number of urea groups is 1. The maximum absolute atomic E-state index is 13.7. The van der Waals surface area contributed by atoms with E-state index in [1.807, 2.05) is 24.3 Å². The van der Waals surface area contributed by atoms with E-state index < -0.39 is 23.8 Å². The van der Waals surface area contributed by atoms with Gasteiger partial charge in [-0.05, 0) is 29.3 Å². The SMILES string of the molecule is NCc1cccc(CNC(=O)C2N(C(=O)c3cccc(F)c3)CCN2C(=O)N2CCOCC2)c1. The number of rotatable bonds is 5. The lowest BCUT2D eigenvalue weighted by Gasteiger charge is -2.34. The second-order valence-corrected chi connectivity index (χ2v) is 8.20. The van der Waals surface area contributed by atoms with Crippen LogP contribution < -0.4 is 11.1 Å². The van der Waals surface area contributed by atoms with Crippen LogP contribution >= 0.6 is 0 Å². The van der Waals surface area contributed by atoms with Gasteiger partial charge >= 0.3 is 6.03 Å². The molecule has 1 unspecified atom stereocenters. The number of hydrogen-bond donors (Lipinski definition) is 2. The number of morpholine rings is 1. The van der Waals surface area contributed by atoms with Gasteiger partial charge in [-0.15, -0.1) is 0 Å². The molecule has 180 valence electrons. The number of halogens is 1. The van der Waals surface area contributed by atoms with Crippen molar-refractivity contribution in [2.24, 2.45) is 5.73 Å². The zero-order valence-electron chi connectivity index (χ0n) is 18.8. The largest absolute Gasteiger partial charge is 0.378 e. The molecule has 0 aromatic heterocycles. The summed E-state index contributed by atoms with van der Waals surface area (Å²) in [5, 5.41) is 2.84. The van der Waals surface area contributed by atoms with Gasteiger partial charge in [-0.1, -0.05) is 30.3 Å². The average Bonchev–Trinajstić information content (AvgIpc) is 3.32. The van der Waals surface area contributed by atoms with Gasteiger partial charge in [0.1, 0.15) is 5.82 Å². The molecule has 9 nitrogen and oxygen atoms in total. The Bertz CT molecular complexity index is 1060. The third kappa shape index (κ3) is 5.18. The lowest BCUT2D eigenvalue weighted by molar-refractivity contribution is -0.128. The molecule has 0 radical (unpaired) electrons. The van der Waals surface area contributed by atoms with Crippen LogP contribution in [0.1, 0.15) is 21.5 Å². The second-order valence-electron chi connectivity index (χ2n) is 8.20. The topological polar surface area (TPSA) is 108 Å². The Morgan fingerprint density at radius 3 is 2.41 bits per heavy atom. The van der Waals surface area contributed by atoms with E-state index in [-0.39, 0.29) is 31.2 Å². The maximum atomic E-state index is 13.7. The molecule has 2 aliphatic rings. The molecular weight excluding hydrogens is 441 g/mol. The van der Waals surface area contributed by atoms with Crippen LogP contribution in [0, 0.1) is 5.82 Å². The number of carbonyl (C=O) groups is 3. The van der Waals surface area contributed by atoms with E-state index in [1.165, 1.54) is 28.0 Å². The van der Waals surface area contributed by atoms with Crippen molar-refractivity contribution in [2.45, 2.75) is 19.3 Å². The molecule has 2 aromatic rings. The molecular formula is C24H28FN5O4. The molecule has 0 bridgehead atoms. The summed E-state index contributed by atoms with van der Waals surface area (Å²) in [6.45, 7) is 2.59. The van der Waals surface area contributed by atoms with E-state index >= 15 is 0 Å². The third-order valence-electron chi connectivity index (χ3n) is 5.96. The highest BCUT2D eigenvalue weighted by Gasteiger charge is 2.44. The van der Waals surface area contributed by atoms with Crippen molar-refractivity contribution in [1.82, 2.24) is 20.0 Å². The fourth-order valence-electron chi connectivity index (χ4n) is 4.19. The zero-order valence-corrected chi connectivity index (χ0v) is 18.8. The van der Waals surface area contributed by atoms with Crippen LogP contribution in [0.4, 0.5) is 9.18 Å². The lowest BCUT2D eigenvalue weighted by Crippen LogP contribution is -2.57. The molecule has 2 heterocycles. The fourth-order valence-corrected chi connectivity index (χ4v) is 4.19. The molecule has 2 saturated heterocycles. The zero-order chi connectivity index (χ0) is 24.1. The van der Waals surface area contributed by atoms with E-state index in [4.69, 9.17) is 10.5 Å². The summed E-state index contributed by atoms with van der Waals surface area (Å²) in [5.41, 5.74) is 7.60. The summed E-state index contributed by atoms with van der Waals surface area (Å²) in [5.74, 6) is -1.55. The minimum absolute atomic E-state index is 0.120. The number of hydrogen-bond acceptors (Lipinski definition) is 5. The molecule has 2 aliphatic heterocycles. The summed E-state index contributed by atoms with van der Waals surface area (Å²) < 4.78 is 19.1.